The Balaban J connectivity index is 2.82. The predicted octanol–water partition coefficient (Wildman–Crippen LogP) is 2.59. The number of nitrogens with zero attached hydrogens (tertiary/aromatic N) is 1. The van der Waals surface area contributed by atoms with Crippen molar-refractivity contribution in [3.63, 3.8) is 0 Å². The van der Waals surface area contributed by atoms with E-state index in [0.29, 0.717) is 12.1 Å². The van der Waals surface area contributed by atoms with E-state index in [9.17, 15) is 13.2 Å². The first kappa shape index (κ1) is 15.1. The number of rotatable bonds is 5. The van der Waals surface area contributed by atoms with Crippen LogP contribution in [0.15, 0.2) is 29.4 Å². The Kier molecular flexibility index (Phi) is 5.02. The summed E-state index contributed by atoms with van der Waals surface area (Å²) in [5.74, 6) is -2.88. The summed E-state index contributed by atoms with van der Waals surface area (Å²) < 4.78 is 38.2. The molecule has 0 saturated carbocycles. The molecule has 106 valence electrons. The fourth-order valence-electron chi connectivity index (χ4n) is 1.67. The molecule has 0 aliphatic carbocycles. The summed E-state index contributed by atoms with van der Waals surface area (Å²) in [5, 5.41) is 13.5. The third-order valence-electron chi connectivity index (χ3n) is 2.76. The highest BCUT2D eigenvalue weighted by Gasteiger charge is 2.42. The van der Waals surface area contributed by atoms with Crippen LogP contribution in [0.5, 0.6) is 0 Å². The zero-order valence-corrected chi connectivity index (χ0v) is 10.4. The van der Waals surface area contributed by atoms with Crippen molar-refractivity contribution in [2.24, 2.45) is 16.8 Å². The molecular formula is C12H16F3N3O. The van der Waals surface area contributed by atoms with Crippen LogP contribution in [0, 0.1) is 5.92 Å². The third-order valence-corrected chi connectivity index (χ3v) is 2.76. The Labute approximate surface area is 109 Å². The topological polar surface area (TPSA) is 70.6 Å². The summed E-state index contributed by atoms with van der Waals surface area (Å²) >= 11 is 0. The Bertz CT molecular complexity index is 446. The van der Waals surface area contributed by atoms with Crippen LogP contribution in [-0.4, -0.2) is 23.8 Å². The van der Waals surface area contributed by atoms with E-state index in [1.807, 2.05) is 19.1 Å². The molecule has 0 spiro atoms. The van der Waals surface area contributed by atoms with Gasteiger partial charge < -0.3 is 16.3 Å². The lowest BCUT2D eigenvalue weighted by Crippen LogP contribution is -2.40. The molecule has 0 saturated heterocycles. The fraction of sp³-hybridized carbons (Fsp3) is 0.417. The van der Waals surface area contributed by atoms with Crippen molar-refractivity contribution in [3.05, 3.63) is 29.8 Å². The summed E-state index contributed by atoms with van der Waals surface area (Å²) in [6, 6.07) is 7.06. The summed E-state index contributed by atoms with van der Waals surface area (Å²) in [7, 11) is 0. The maximum Gasteiger partial charge on any atom is 0.400 e. The SMILES string of the molecule is CCc1ccccc1NCC(/C(N)=N/O)C(F)(F)F. The third kappa shape index (κ3) is 4.04. The molecule has 0 aliphatic heterocycles. The van der Waals surface area contributed by atoms with E-state index in [2.05, 4.69) is 10.5 Å². The van der Waals surface area contributed by atoms with Gasteiger partial charge in [0.15, 0.2) is 5.84 Å². The molecule has 0 radical (unpaired) electrons. The number of para-hydroxylation sites is 1. The summed E-state index contributed by atoms with van der Waals surface area (Å²) in [4.78, 5) is 0. The molecule has 19 heavy (non-hydrogen) atoms. The Morgan fingerprint density at radius 2 is 2.05 bits per heavy atom. The second-order valence-corrected chi connectivity index (χ2v) is 4.01. The van der Waals surface area contributed by atoms with E-state index in [4.69, 9.17) is 10.9 Å². The molecule has 0 fully saturated rings. The minimum atomic E-state index is -4.57. The molecule has 1 aromatic carbocycles. The molecule has 0 amide bonds. The second kappa shape index (κ2) is 6.31. The number of amidine groups is 1. The van der Waals surface area contributed by atoms with Gasteiger partial charge in [-0.15, -0.1) is 0 Å². The van der Waals surface area contributed by atoms with Gasteiger partial charge in [-0.2, -0.15) is 13.2 Å². The second-order valence-electron chi connectivity index (χ2n) is 4.01. The van der Waals surface area contributed by atoms with Crippen LogP contribution in [0.25, 0.3) is 0 Å². The first-order chi connectivity index (χ1) is 8.90. The Morgan fingerprint density at radius 3 is 2.58 bits per heavy atom. The van der Waals surface area contributed by atoms with Crippen LogP contribution in [0.3, 0.4) is 0 Å². The first-order valence-electron chi connectivity index (χ1n) is 5.76. The van der Waals surface area contributed by atoms with Crippen molar-refractivity contribution in [2.45, 2.75) is 19.5 Å². The number of halogens is 3. The molecule has 0 bridgehead atoms. The Hall–Kier alpha value is -1.92. The minimum Gasteiger partial charge on any atom is -0.409 e. The van der Waals surface area contributed by atoms with Gasteiger partial charge >= 0.3 is 6.18 Å². The van der Waals surface area contributed by atoms with E-state index in [0.717, 1.165) is 5.56 Å². The number of hydrogen-bond acceptors (Lipinski definition) is 3. The molecule has 0 heterocycles. The average molecular weight is 275 g/mol. The van der Waals surface area contributed by atoms with E-state index < -0.39 is 24.5 Å². The standard InChI is InChI=1S/C12H16F3N3O/c1-2-8-5-3-4-6-10(8)17-7-9(11(16)18-19)12(13,14)15/h3-6,9,17,19H,2,7H2,1H3,(H2,16,18). The highest BCUT2D eigenvalue weighted by Crippen LogP contribution is 2.27. The van der Waals surface area contributed by atoms with Gasteiger partial charge in [0.05, 0.1) is 0 Å². The number of aryl methyl sites for hydroxylation is 1. The van der Waals surface area contributed by atoms with Crippen molar-refractivity contribution in [2.75, 3.05) is 11.9 Å². The van der Waals surface area contributed by atoms with Gasteiger partial charge in [0.2, 0.25) is 0 Å². The fourth-order valence-corrected chi connectivity index (χ4v) is 1.67. The first-order valence-corrected chi connectivity index (χ1v) is 5.76. The van der Waals surface area contributed by atoms with Crippen molar-refractivity contribution >= 4 is 11.5 Å². The van der Waals surface area contributed by atoms with Gasteiger partial charge in [-0.05, 0) is 18.1 Å². The van der Waals surface area contributed by atoms with Gasteiger partial charge in [-0.3, -0.25) is 0 Å². The molecule has 0 aromatic heterocycles. The number of alkyl halides is 3. The molecular weight excluding hydrogens is 259 g/mol. The largest absolute Gasteiger partial charge is 0.409 e. The van der Waals surface area contributed by atoms with Crippen LogP contribution >= 0.6 is 0 Å². The van der Waals surface area contributed by atoms with Crippen molar-refractivity contribution in [1.82, 2.24) is 0 Å². The molecule has 1 aromatic rings. The van der Waals surface area contributed by atoms with Crippen molar-refractivity contribution < 1.29 is 18.4 Å². The lowest BCUT2D eigenvalue weighted by molar-refractivity contribution is -0.152. The zero-order chi connectivity index (χ0) is 14.5. The quantitative estimate of drug-likeness (QED) is 0.335. The van der Waals surface area contributed by atoms with Crippen LogP contribution < -0.4 is 11.1 Å². The highest BCUT2D eigenvalue weighted by molar-refractivity contribution is 5.83. The van der Waals surface area contributed by atoms with Gasteiger partial charge in [-0.25, -0.2) is 0 Å². The van der Waals surface area contributed by atoms with Gasteiger partial charge in [0.1, 0.15) is 5.92 Å². The molecule has 1 atom stereocenters. The molecule has 4 N–H and O–H groups in total. The number of anilines is 1. The maximum atomic E-state index is 12.7. The predicted molar refractivity (Wildman–Crippen MR) is 67.3 cm³/mol. The van der Waals surface area contributed by atoms with Gasteiger partial charge in [0, 0.05) is 12.2 Å². The van der Waals surface area contributed by atoms with Crippen molar-refractivity contribution in [1.29, 1.82) is 0 Å². The van der Waals surface area contributed by atoms with Gasteiger partial charge in [-0.1, -0.05) is 30.3 Å². The molecule has 4 nitrogen and oxygen atoms in total. The van der Waals surface area contributed by atoms with E-state index >= 15 is 0 Å². The summed E-state index contributed by atoms with van der Waals surface area (Å²) in [6.45, 7) is 1.43. The Morgan fingerprint density at radius 1 is 1.42 bits per heavy atom. The van der Waals surface area contributed by atoms with Crippen LogP contribution in [-0.2, 0) is 6.42 Å². The van der Waals surface area contributed by atoms with E-state index in [-0.39, 0.29) is 0 Å². The summed E-state index contributed by atoms with van der Waals surface area (Å²) in [6.07, 6.45) is -3.87. The van der Waals surface area contributed by atoms with Crippen LogP contribution in [0.4, 0.5) is 18.9 Å². The normalized spacial score (nSPS) is 14.2. The number of nitrogens with two attached hydrogens (primary N) is 1. The van der Waals surface area contributed by atoms with Gasteiger partial charge in [0.25, 0.3) is 0 Å². The molecule has 1 rings (SSSR count). The molecule has 0 aliphatic rings. The number of nitrogens with one attached hydrogen (secondary N) is 1. The average Bonchev–Trinajstić information content (AvgIpc) is 2.37. The van der Waals surface area contributed by atoms with Crippen LogP contribution in [0.2, 0.25) is 0 Å². The monoisotopic (exact) mass is 275 g/mol. The van der Waals surface area contributed by atoms with E-state index in [1.54, 1.807) is 12.1 Å². The lowest BCUT2D eigenvalue weighted by atomic mass is 10.1. The molecule has 1 unspecified atom stereocenters. The zero-order valence-electron chi connectivity index (χ0n) is 10.4. The number of hydrogen-bond donors (Lipinski definition) is 3. The maximum absolute atomic E-state index is 12.7. The lowest BCUT2D eigenvalue weighted by Gasteiger charge is -2.20. The highest BCUT2D eigenvalue weighted by atomic mass is 19.4. The summed E-state index contributed by atoms with van der Waals surface area (Å²) in [5.41, 5.74) is 6.60. The number of benzene rings is 1. The van der Waals surface area contributed by atoms with Crippen LogP contribution in [0.1, 0.15) is 12.5 Å². The smallest absolute Gasteiger partial charge is 0.400 e. The van der Waals surface area contributed by atoms with E-state index in [1.165, 1.54) is 0 Å². The minimum absolute atomic E-state index is 0.476. The van der Waals surface area contributed by atoms with Crippen molar-refractivity contribution in [3.8, 4) is 0 Å². The number of oxime groups is 1. The molecule has 7 heteroatoms.